The van der Waals surface area contributed by atoms with Gasteiger partial charge in [-0.15, -0.1) is 0 Å². The van der Waals surface area contributed by atoms with E-state index < -0.39 is 52.1 Å². The Balaban J connectivity index is 2.27. The summed E-state index contributed by atoms with van der Waals surface area (Å²) in [6, 6.07) is 0. The number of halogens is 5. The topological polar surface area (TPSA) is 20.2 Å². The van der Waals surface area contributed by atoms with E-state index in [9.17, 15) is 27.1 Å². The van der Waals surface area contributed by atoms with E-state index in [4.69, 9.17) is 0 Å². The summed E-state index contributed by atoms with van der Waals surface area (Å²) >= 11 is 0. The van der Waals surface area contributed by atoms with Gasteiger partial charge in [0.25, 0.3) is 0 Å². The van der Waals surface area contributed by atoms with E-state index in [1.807, 2.05) is 0 Å². The van der Waals surface area contributed by atoms with Crippen molar-refractivity contribution in [1.29, 1.82) is 0 Å². The van der Waals surface area contributed by atoms with Gasteiger partial charge in [-0.05, 0) is 37.5 Å². The number of hydrogen-bond donors (Lipinski definition) is 1. The third-order valence-electron chi connectivity index (χ3n) is 4.58. The van der Waals surface area contributed by atoms with Crippen molar-refractivity contribution >= 4 is 0 Å². The van der Waals surface area contributed by atoms with Crippen LogP contribution < -0.4 is 0 Å². The maximum absolute atomic E-state index is 13.8. The minimum absolute atomic E-state index is 0.439. The zero-order valence-corrected chi connectivity index (χ0v) is 9.82. The van der Waals surface area contributed by atoms with E-state index in [0.29, 0.717) is 25.7 Å². The van der Waals surface area contributed by atoms with Crippen LogP contribution in [0.3, 0.4) is 0 Å². The van der Waals surface area contributed by atoms with Crippen LogP contribution in [-0.2, 0) is 5.60 Å². The van der Waals surface area contributed by atoms with Gasteiger partial charge in [-0.3, -0.25) is 0 Å². The predicted molar refractivity (Wildman–Crippen MR) is 55.6 cm³/mol. The van der Waals surface area contributed by atoms with Gasteiger partial charge in [-0.2, -0.15) is 0 Å². The highest BCUT2D eigenvalue weighted by atomic mass is 19.2. The molecule has 0 heterocycles. The quantitative estimate of drug-likeness (QED) is 0.474. The highest BCUT2D eigenvalue weighted by molar-refractivity contribution is 5.33. The van der Waals surface area contributed by atoms with Gasteiger partial charge in [0.2, 0.25) is 5.82 Å². The number of benzene rings is 1. The van der Waals surface area contributed by atoms with Crippen molar-refractivity contribution in [2.75, 3.05) is 0 Å². The molecule has 0 radical (unpaired) electrons. The van der Waals surface area contributed by atoms with E-state index in [-0.39, 0.29) is 0 Å². The van der Waals surface area contributed by atoms with Crippen LogP contribution in [0.1, 0.15) is 31.2 Å². The zero-order valence-electron chi connectivity index (χ0n) is 9.82. The van der Waals surface area contributed by atoms with Gasteiger partial charge in [-0.25, -0.2) is 22.0 Å². The molecule has 104 valence electrons. The molecule has 2 saturated carbocycles. The Hall–Kier alpha value is -1.17. The highest BCUT2D eigenvalue weighted by Crippen LogP contribution is 2.58. The normalized spacial score (nSPS) is 33.2. The lowest BCUT2D eigenvalue weighted by Crippen LogP contribution is -2.34. The van der Waals surface area contributed by atoms with Gasteiger partial charge < -0.3 is 5.11 Å². The van der Waals surface area contributed by atoms with Crippen molar-refractivity contribution < 1.29 is 27.1 Å². The monoisotopic (exact) mass is 278 g/mol. The van der Waals surface area contributed by atoms with Gasteiger partial charge in [0.05, 0.1) is 5.56 Å². The maximum atomic E-state index is 13.8. The van der Waals surface area contributed by atoms with E-state index in [0.717, 1.165) is 0 Å². The number of aliphatic hydroxyl groups is 1. The summed E-state index contributed by atoms with van der Waals surface area (Å²) in [4.78, 5) is 0. The Labute approximate surface area is 106 Å². The molecule has 0 saturated heterocycles. The fourth-order valence-corrected chi connectivity index (χ4v) is 3.67. The van der Waals surface area contributed by atoms with Gasteiger partial charge in [0.1, 0.15) is 5.60 Å². The van der Waals surface area contributed by atoms with Crippen LogP contribution in [0.15, 0.2) is 0 Å². The first-order chi connectivity index (χ1) is 8.89. The van der Waals surface area contributed by atoms with Gasteiger partial charge >= 0.3 is 0 Å². The van der Waals surface area contributed by atoms with E-state index >= 15 is 0 Å². The van der Waals surface area contributed by atoms with Crippen LogP contribution in [0.25, 0.3) is 0 Å². The third kappa shape index (κ3) is 1.43. The molecular weight excluding hydrogens is 267 g/mol. The summed E-state index contributed by atoms with van der Waals surface area (Å²) in [5.74, 6) is -10.9. The molecule has 0 amide bonds. The second-order valence-electron chi connectivity index (χ2n) is 5.32. The SMILES string of the molecule is OC1(c2c(F)c(F)c(F)c(F)c2F)C2CCC1CC2. The zero-order chi connectivity index (χ0) is 13.9. The fourth-order valence-electron chi connectivity index (χ4n) is 3.67. The van der Waals surface area contributed by atoms with Crippen LogP contribution in [0, 0.1) is 40.9 Å². The molecule has 1 aromatic carbocycles. The fraction of sp³-hybridized carbons (Fsp3) is 0.538. The molecule has 3 rings (SSSR count). The molecule has 0 aliphatic heterocycles. The molecule has 6 heteroatoms. The van der Waals surface area contributed by atoms with Crippen LogP contribution in [0.5, 0.6) is 0 Å². The lowest BCUT2D eigenvalue weighted by atomic mass is 9.83. The maximum Gasteiger partial charge on any atom is 0.200 e. The van der Waals surface area contributed by atoms with Gasteiger partial charge in [0.15, 0.2) is 23.3 Å². The minimum Gasteiger partial charge on any atom is -0.384 e. The number of fused-ring (bicyclic) bond motifs is 2. The van der Waals surface area contributed by atoms with E-state index in [1.165, 1.54) is 0 Å². The lowest BCUT2D eigenvalue weighted by molar-refractivity contribution is -0.0183. The summed E-state index contributed by atoms with van der Waals surface area (Å²) in [5.41, 5.74) is -2.97. The first kappa shape index (κ1) is 12.8. The Morgan fingerprint density at radius 1 is 0.684 bits per heavy atom. The van der Waals surface area contributed by atoms with Crippen LogP contribution >= 0.6 is 0 Å². The van der Waals surface area contributed by atoms with E-state index in [2.05, 4.69) is 0 Å². The van der Waals surface area contributed by atoms with Crippen molar-refractivity contribution in [3.05, 3.63) is 34.6 Å². The number of rotatable bonds is 1. The van der Waals surface area contributed by atoms with E-state index in [1.54, 1.807) is 0 Å². The summed E-state index contributed by atoms with van der Waals surface area (Å²) < 4.78 is 67.1. The molecule has 2 bridgehead atoms. The Morgan fingerprint density at radius 2 is 1.00 bits per heavy atom. The Morgan fingerprint density at radius 3 is 1.37 bits per heavy atom. The first-order valence-corrected chi connectivity index (χ1v) is 6.13. The minimum atomic E-state index is -2.19. The van der Waals surface area contributed by atoms with Crippen molar-refractivity contribution in [3.8, 4) is 0 Å². The molecule has 1 aromatic rings. The van der Waals surface area contributed by atoms with Crippen LogP contribution in [0.2, 0.25) is 0 Å². The smallest absolute Gasteiger partial charge is 0.200 e. The van der Waals surface area contributed by atoms with Gasteiger partial charge in [-0.1, -0.05) is 0 Å². The molecule has 2 aliphatic carbocycles. The summed E-state index contributed by atoms with van der Waals surface area (Å²) in [7, 11) is 0. The predicted octanol–water partition coefficient (Wildman–Crippen LogP) is 3.39. The van der Waals surface area contributed by atoms with Crippen molar-refractivity contribution in [1.82, 2.24) is 0 Å². The molecule has 0 spiro atoms. The second kappa shape index (κ2) is 3.91. The Kier molecular flexibility index (Phi) is 2.64. The molecule has 1 nitrogen and oxygen atoms in total. The molecule has 0 aromatic heterocycles. The van der Waals surface area contributed by atoms with Crippen LogP contribution in [0.4, 0.5) is 22.0 Å². The Bertz CT molecular complexity index is 507. The lowest BCUT2D eigenvalue weighted by Gasteiger charge is -2.30. The number of hydrogen-bond acceptors (Lipinski definition) is 1. The molecule has 0 atom stereocenters. The third-order valence-corrected chi connectivity index (χ3v) is 4.58. The average molecular weight is 278 g/mol. The standard InChI is InChI=1S/C13H11F5O/c14-8-7(9(15)11(17)12(18)10(8)16)13(19)5-1-2-6(13)4-3-5/h5-6,19H,1-4H2. The summed E-state index contributed by atoms with van der Waals surface area (Å²) in [6.07, 6.45) is 2.17. The van der Waals surface area contributed by atoms with Crippen molar-refractivity contribution in [3.63, 3.8) is 0 Å². The first-order valence-electron chi connectivity index (χ1n) is 6.13. The highest BCUT2D eigenvalue weighted by Gasteiger charge is 2.57. The second-order valence-corrected chi connectivity index (χ2v) is 5.32. The molecule has 2 fully saturated rings. The molecule has 2 aliphatic rings. The van der Waals surface area contributed by atoms with Crippen molar-refractivity contribution in [2.24, 2.45) is 11.8 Å². The summed E-state index contributed by atoms with van der Waals surface area (Å²) in [6.45, 7) is 0. The van der Waals surface area contributed by atoms with Gasteiger partial charge in [0, 0.05) is 0 Å². The molecule has 1 N–H and O–H groups in total. The summed E-state index contributed by atoms with van der Waals surface area (Å²) in [5, 5.41) is 10.5. The van der Waals surface area contributed by atoms with Crippen molar-refractivity contribution in [2.45, 2.75) is 31.3 Å². The average Bonchev–Trinajstić information content (AvgIpc) is 2.88. The largest absolute Gasteiger partial charge is 0.384 e. The van der Waals surface area contributed by atoms with Crippen LogP contribution in [-0.4, -0.2) is 5.11 Å². The molecular formula is C13H11F5O. The molecule has 0 unspecified atom stereocenters. The molecule has 19 heavy (non-hydrogen) atoms.